The molecular formula is C39H24N4O. The van der Waals surface area contributed by atoms with E-state index in [1.165, 1.54) is 0 Å². The van der Waals surface area contributed by atoms with E-state index in [0.29, 0.717) is 17.6 Å². The van der Waals surface area contributed by atoms with Gasteiger partial charge >= 0.3 is 0 Å². The molecule has 5 heteroatoms. The standard InChI is InChI=1S/C39H24N4O/c1-2-12-25(13-3-1)26-14-10-15-27(24-26)37-40-38(31-19-11-23-35-36(31)30-18-6-9-22-34(30)44-35)42-39(41-37)43-32-20-7-4-16-28(32)29-17-5-8-21-33(29)43/h1-24H. The number of aromatic nitrogens is 4. The normalized spacial score (nSPS) is 11.6. The largest absolute Gasteiger partial charge is 0.456 e. The number of para-hydroxylation sites is 3. The van der Waals surface area contributed by atoms with Gasteiger partial charge in [-0.05, 0) is 41.5 Å². The molecule has 0 atom stereocenters. The van der Waals surface area contributed by atoms with Crippen molar-refractivity contribution in [3.8, 4) is 39.9 Å². The Morgan fingerprint density at radius 2 is 1.02 bits per heavy atom. The third-order valence-electron chi connectivity index (χ3n) is 8.28. The first-order valence-corrected chi connectivity index (χ1v) is 14.6. The quantitative estimate of drug-likeness (QED) is 0.213. The molecule has 0 bridgehead atoms. The zero-order valence-corrected chi connectivity index (χ0v) is 23.6. The van der Waals surface area contributed by atoms with Gasteiger partial charge in [0.25, 0.3) is 0 Å². The molecule has 5 nitrogen and oxygen atoms in total. The van der Waals surface area contributed by atoms with E-state index in [0.717, 1.165) is 66.0 Å². The Hall–Kier alpha value is -6.07. The maximum absolute atomic E-state index is 6.24. The fraction of sp³-hybridized carbons (Fsp3) is 0. The second-order valence-corrected chi connectivity index (χ2v) is 10.9. The van der Waals surface area contributed by atoms with E-state index in [9.17, 15) is 0 Å². The van der Waals surface area contributed by atoms with E-state index in [4.69, 9.17) is 19.4 Å². The number of hydrogen-bond donors (Lipinski definition) is 0. The Labute approximate surface area is 252 Å². The zero-order valence-electron chi connectivity index (χ0n) is 23.6. The lowest BCUT2D eigenvalue weighted by molar-refractivity contribution is 0.669. The Kier molecular flexibility index (Phi) is 5.43. The molecule has 0 aliphatic carbocycles. The first-order valence-electron chi connectivity index (χ1n) is 14.6. The molecule has 0 aliphatic rings. The molecule has 9 aromatic rings. The van der Waals surface area contributed by atoms with Crippen molar-refractivity contribution in [2.45, 2.75) is 0 Å². The first kappa shape index (κ1) is 24.5. The van der Waals surface area contributed by atoms with Crippen LogP contribution in [0.3, 0.4) is 0 Å². The third kappa shape index (κ3) is 3.83. The van der Waals surface area contributed by atoms with E-state index in [1.54, 1.807) is 0 Å². The van der Waals surface area contributed by atoms with Crippen LogP contribution in [0, 0.1) is 0 Å². The van der Waals surface area contributed by atoms with Crippen molar-refractivity contribution in [3.63, 3.8) is 0 Å². The van der Waals surface area contributed by atoms with Crippen molar-refractivity contribution in [3.05, 3.63) is 146 Å². The van der Waals surface area contributed by atoms with Gasteiger partial charge in [0.05, 0.1) is 11.0 Å². The fourth-order valence-corrected chi connectivity index (χ4v) is 6.28. The smallest absolute Gasteiger partial charge is 0.238 e. The van der Waals surface area contributed by atoms with Crippen LogP contribution >= 0.6 is 0 Å². The monoisotopic (exact) mass is 564 g/mol. The molecule has 9 rings (SSSR count). The minimum atomic E-state index is 0.567. The predicted molar refractivity (Wildman–Crippen MR) is 178 cm³/mol. The van der Waals surface area contributed by atoms with Crippen LogP contribution in [0.5, 0.6) is 0 Å². The molecule has 0 saturated heterocycles. The summed E-state index contributed by atoms with van der Waals surface area (Å²) in [4.78, 5) is 15.5. The van der Waals surface area contributed by atoms with Gasteiger partial charge in [-0.15, -0.1) is 0 Å². The van der Waals surface area contributed by atoms with Gasteiger partial charge in [0.2, 0.25) is 5.95 Å². The highest BCUT2D eigenvalue weighted by atomic mass is 16.3. The second-order valence-electron chi connectivity index (χ2n) is 10.9. The summed E-state index contributed by atoms with van der Waals surface area (Å²) in [7, 11) is 0. The Morgan fingerprint density at radius 3 is 1.82 bits per heavy atom. The van der Waals surface area contributed by atoms with Gasteiger partial charge in [-0.2, -0.15) is 9.97 Å². The van der Waals surface area contributed by atoms with Gasteiger partial charge in [-0.3, -0.25) is 4.57 Å². The van der Waals surface area contributed by atoms with Gasteiger partial charge < -0.3 is 4.42 Å². The molecule has 206 valence electrons. The van der Waals surface area contributed by atoms with Crippen molar-refractivity contribution in [2.24, 2.45) is 0 Å². The Bertz CT molecular complexity index is 2460. The van der Waals surface area contributed by atoms with Crippen LogP contribution in [-0.4, -0.2) is 19.5 Å². The lowest BCUT2D eigenvalue weighted by atomic mass is 10.0. The molecular weight excluding hydrogens is 540 g/mol. The molecule has 44 heavy (non-hydrogen) atoms. The van der Waals surface area contributed by atoms with E-state index in [2.05, 4.69) is 114 Å². The number of nitrogens with zero attached hydrogens (tertiary/aromatic N) is 4. The Morgan fingerprint density at radius 1 is 0.432 bits per heavy atom. The summed E-state index contributed by atoms with van der Waals surface area (Å²) < 4.78 is 8.38. The molecule has 0 spiro atoms. The molecule has 3 aromatic heterocycles. The summed E-state index contributed by atoms with van der Waals surface area (Å²) in [6.45, 7) is 0. The van der Waals surface area contributed by atoms with Crippen LogP contribution < -0.4 is 0 Å². The van der Waals surface area contributed by atoms with Crippen LogP contribution in [-0.2, 0) is 0 Å². The topological polar surface area (TPSA) is 56.7 Å². The van der Waals surface area contributed by atoms with Gasteiger partial charge in [0.1, 0.15) is 11.2 Å². The first-order chi connectivity index (χ1) is 21.8. The maximum atomic E-state index is 6.24. The Balaban J connectivity index is 1.35. The second kappa shape index (κ2) is 9.75. The number of furan rings is 1. The van der Waals surface area contributed by atoms with Gasteiger partial charge in [0, 0.05) is 32.7 Å². The minimum absolute atomic E-state index is 0.567. The highest BCUT2D eigenvalue weighted by molar-refractivity contribution is 6.12. The van der Waals surface area contributed by atoms with Crippen molar-refractivity contribution < 1.29 is 4.42 Å². The predicted octanol–water partition coefficient (Wildman–Crippen LogP) is 9.87. The molecule has 3 heterocycles. The average molecular weight is 565 g/mol. The SMILES string of the molecule is c1ccc(-c2cccc(-c3nc(-c4cccc5oc6ccccc6c45)nc(-n4c5ccccc5c5ccccc54)n3)c2)cc1. The number of hydrogen-bond acceptors (Lipinski definition) is 4. The molecule has 0 fully saturated rings. The molecule has 0 N–H and O–H groups in total. The van der Waals surface area contributed by atoms with E-state index >= 15 is 0 Å². The van der Waals surface area contributed by atoms with Gasteiger partial charge in [0.15, 0.2) is 11.6 Å². The van der Waals surface area contributed by atoms with Crippen LogP contribution in [0.4, 0.5) is 0 Å². The van der Waals surface area contributed by atoms with E-state index < -0.39 is 0 Å². The molecule has 0 radical (unpaired) electrons. The minimum Gasteiger partial charge on any atom is -0.456 e. The summed E-state index contributed by atoms with van der Waals surface area (Å²) in [6, 6.07) is 49.8. The molecule has 0 aliphatic heterocycles. The van der Waals surface area contributed by atoms with E-state index in [1.807, 2.05) is 36.4 Å². The summed E-state index contributed by atoms with van der Waals surface area (Å²) in [5, 5.41) is 4.33. The lowest BCUT2D eigenvalue weighted by Crippen LogP contribution is -2.06. The average Bonchev–Trinajstić information content (AvgIpc) is 3.65. The van der Waals surface area contributed by atoms with Crippen molar-refractivity contribution in [1.82, 2.24) is 19.5 Å². The molecule has 0 unspecified atom stereocenters. The maximum Gasteiger partial charge on any atom is 0.238 e. The number of fused-ring (bicyclic) bond motifs is 6. The number of benzene rings is 6. The van der Waals surface area contributed by atoms with Gasteiger partial charge in [-0.1, -0.05) is 115 Å². The molecule has 0 amide bonds. The summed E-state index contributed by atoms with van der Waals surface area (Å²) >= 11 is 0. The lowest BCUT2D eigenvalue weighted by Gasteiger charge is -2.12. The summed E-state index contributed by atoms with van der Waals surface area (Å²) in [5.74, 6) is 1.76. The summed E-state index contributed by atoms with van der Waals surface area (Å²) in [5.41, 5.74) is 7.78. The third-order valence-corrected chi connectivity index (χ3v) is 8.28. The van der Waals surface area contributed by atoms with Crippen molar-refractivity contribution in [1.29, 1.82) is 0 Å². The highest BCUT2D eigenvalue weighted by Gasteiger charge is 2.20. The van der Waals surface area contributed by atoms with Crippen molar-refractivity contribution >= 4 is 43.7 Å². The van der Waals surface area contributed by atoms with Crippen LogP contribution in [0.2, 0.25) is 0 Å². The molecule has 6 aromatic carbocycles. The zero-order chi connectivity index (χ0) is 29.0. The van der Waals surface area contributed by atoms with Crippen LogP contribution in [0.15, 0.2) is 150 Å². The summed E-state index contributed by atoms with van der Waals surface area (Å²) in [6.07, 6.45) is 0. The van der Waals surface area contributed by atoms with Crippen LogP contribution in [0.1, 0.15) is 0 Å². The fourth-order valence-electron chi connectivity index (χ4n) is 6.28. The number of rotatable bonds is 4. The van der Waals surface area contributed by atoms with Gasteiger partial charge in [-0.25, -0.2) is 4.98 Å². The molecule has 0 saturated carbocycles. The van der Waals surface area contributed by atoms with Crippen molar-refractivity contribution in [2.75, 3.05) is 0 Å². The van der Waals surface area contributed by atoms with E-state index in [-0.39, 0.29) is 0 Å². The van der Waals surface area contributed by atoms with Crippen LogP contribution in [0.25, 0.3) is 83.6 Å². The highest BCUT2D eigenvalue weighted by Crippen LogP contribution is 2.37.